The lowest BCUT2D eigenvalue weighted by atomic mass is 9.90. The summed E-state index contributed by atoms with van der Waals surface area (Å²) in [5.74, 6) is 0. The second-order valence-corrected chi connectivity index (χ2v) is 23.4. The van der Waals surface area contributed by atoms with Crippen molar-refractivity contribution < 1.29 is 26.3 Å². The van der Waals surface area contributed by atoms with Gasteiger partial charge in [-0.1, -0.05) is 200 Å². The zero-order chi connectivity index (χ0) is 65.2. The normalized spacial score (nSPS) is 11.8. The highest BCUT2D eigenvalue weighted by molar-refractivity contribution is 6.13. The van der Waals surface area contributed by atoms with Crippen LogP contribution in [0.5, 0.6) is 0 Å². The minimum atomic E-state index is -5.33. The minimum absolute atomic E-state index is 0.0126. The maximum atomic E-state index is 16.2. The average Bonchev–Trinajstić information content (AvgIpc) is 1.42. The number of hydrogen-bond acceptors (Lipinski definition) is 5. The predicted octanol–water partition coefficient (Wildman–Crippen LogP) is 22.4. The Kier molecular flexibility index (Phi) is 14.4. The molecule has 16 rings (SSSR count). The van der Waals surface area contributed by atoms with E-state index < -0.39 is 34.6 Å². The Morgan fingerprint density at radius 1 is 0.271 bits per heavy atom. The first kappa shape index (κ1) is 58.5. The SMILES string of the molecule is N#Cc1cc(-n2c3cc(-c4cccc(-c5ccccc5)n4)ccc3c3ccc(-c4cccc(-c5ccccc5)n4)cc32)c(-c2c(C(F)(F)F)cccc2C(F)(F)F)cc1-n1c2cc(-c3cccc(-c4ccccc4)n3)ccc2c2ccc(-c3cccc(-c4ccccc4)n3)cc21. The third-order valence-electron chi connectivity index (χ3n) is 17.7. The molecule has 96 heavy (non-hydrogen) atoms. The molecule has 458 valence electrons. The molecule has 0 aliphatic carbocycles. The standard InChI is InChI=1S/C83H49F6N7/c84-82(85,86)65-26-13-27-66(83(87,88)89)81(65)64-49-75(95-76-44-55(71-32-14-28-67(91-71)51-18-5-1-6-19-51)36-40-60(76)61-41-37-56(45-77(61)95)72-33-15-29-68(92-72)52-20-7-2-8-21-52)59(50-90)48-80(64)96-78-46-57(73-34-16-30-69(93-73)53-22-9-3-10-23-53)38-42-62(78)63-43-39-58(47-79(63)96)74-35-17-31-70(94-74)54-24-11-4-12-25-54/h1-49H. The van der Waals surface area contributed by atoms with Crippen molar-refractivity contribution in [1.29, 1.82) is 5.26 Å². The monoisotopic (exact) mass is 1260 g/mol. The van der Waals surface area contributed by atoms with Crippen LogP contribution < -0.4 is 0 Å². The molecule has 0 fully saturated rings. The second kappa shape index (κ2) is 23.5. The molecule has 0 atom stereocenters. The van der Waals surface area contributed by atoms with Gasteiger partial charge in [-0.15, -0.1) is 0 Å². The molecular formula is C83H49F6N7. The number of fused-ring (bicyclic) bond motifs is 6. The van der Waals surface area contributed by atoms with E-state index in [2.05, 4.69) is 6.07 Å². The molecule has 0 aliphatic heterocycles. The first-order valence-corrected chi connectivity index (χ1v) is 31.0. The molecular weight excluding hydrogens is 1210 g/mol. The van der Waals surface area contributed by atoms with Gasteiger partial charge < -0.3 is 9.13 Å². The highest BCUT2D eigenvalue weighted by Crippen LogP contribution is 2.50. The molecule has 0 spiro atoms. The van der Waals surface area contributed by atoms with Gasteiger partial charge in [0.1, 0.15) is 6.07 Å². The van der Waals surface area contributed by atoms with Crippen LogP contribution in [0.2, 0.25) is 0 Å². The van der Waals surface area contributed by atoms with Crippen molar-refractivity contribution in [3.63, 3.8) is 0 Å². The molecule has 10 aromatic carbocycles. The van der Waals surface area contributed by atoms with Crippen molar-refractivity contribution >= 4 is 43.6 Å². The molecule has 6 heterocycles. The van der Waals surface area contributed by atoms with Crippen LogP contribution in [0.15, 0.2) is 297 Å². The molecule has 0 bridgehead atoms. The van der Waals surface area contributed by atoms with E-state index in [0.29, 0.717) is 124 Å². The molecule has 0 unspecified atom stereocenters. The molecule has 13 heteroatoms. The van der Waals surface area contributed by atoms with Gasteiger partial charge in [0.05, 0.1) is 95.7 Å². The Morgan fingerprint density at radius 2 is 0.542 bits per heavy atom. The number of nitrogens with zero attached hydrogens (tertiary/aromatic N) is 7. The summed E-state index contributed by atoms with van der Waals surface area (Å²) >= 11 is 0. The topological polar surface area (TPSA) is 85.2 Å². The van der Waals surface area contributed by atoms with E-state index in [-0.39, 0.29) is 16.9 Å². The number of pyridine rings is 4. The largest absolute Gasteiger partial charge is 0.417 e. The zero-order valence-electron chi connectivity index (χ0n) is 50.7. The molecule has 7 nitrogen and oxygen atoms in total. The van der Waals surface area contributed by atoms with Crippen LogP contribution in [-0.2, 0) is 12.4 Å². The van der Waals surface area contributed by atoms with Crippen molar-refractivity contribution in [2.45, 2.75) is 12.4 Å². The maximum Gasteiger partial charge on any atom is 0.417 e. The number of alkyl halides is 6. The van der Waals surface area contributed by atoms with Crippen molar-refractivity contribution in [3.05, 3.63) is 314 Å². The number of hydrogen-bond donors (Lipinski definition) is 0. The van der Waals surface area contributed by atoms with Crippen molar-refractivity contribution in [1.82, 2.24) is 29.1 Å². The maximum absolute atomic E-state index is 16.2. The van der Waals surface area contributed by atoms with Gasteiger partial charge in [0, 0.05) is 77.2 Å². The lowest BCUT2D eigenvalue weighted by Crippen LogP contribution is -2.15. The van der Waals surface area contributed by atoms with E-state index >= 15 is 26.3 Å². The molecule has 0 N–H and O–H groups in total. The fraction of sp³-hybridized carbons (Fsp3) is 0.0241. The van der Waals surface area contributed by atoms with Gasteiger partial charge in [-0.05, 0) is 97.1 Å². The van der Waals surface area contributed by atoms with Crippen LogP contribution in [0, 0.1) is 11.3 Å². The summed E-state index contributed by atoms with van der Waals surface area (Å²) in [4.78, 5) is 20.4. The van der Waals surface area contributed by atoms with Gasteiger partial charge in [-0.25, -0.2) is 19.9 Å². The van der Waals surface area contributed by atoms with Crippen LogP contribution in [0.4, 0.5) is 26.3 Å². The Labute approximate surface area is 546 Å². The van der Waals surface area contributed by atoms with E-state index in [9.17, 15) is 5.26 Å². The Bertz CT molecular complexity index is 5440. The van der Waals surface area contributed by atoms with Crippen LogP contribution in [0.1, 0.15) is 16.7 Å². The minimum Gasteiger partial charge on any atom is -0.309 e. The second-order valence-electron chi connectivity index (χ2n) is 23.4. The van der Waals surface area contributed by atoms with E-state index in [0.717, 1.165) is 28.3 Å². The summed E-state index contributed by atoms with van der Waals surface area (Å²) < 4.78 is 101. The van der Waals surface area contributed by atoms with Gasteiger partial charge in [-0.3, -0.25) is 0 Å². The number of halogens is 6. The van der Waals surface area contributed by atoms with Crippen LogP contribution in [-0.4, -0.2) is 29.1 Å². The predicted molar refractivity (Wildman–Crippen MR) is 370 cm³/mol. The quantitative estimate of drug-likeness (QED) is 0.120. The van der Waals surface area contributed by atoms with Crippen molar-refractivity contribution in [2.75, 3.05) is 0 Å². The third-order valence-corrected chi connectivity index (χ3v) is 17.7. The highest BCUT2D eigenvalue weighted by atomic mass is 19.4. The first-order valence-electron chi connectivity index (χ1n) is 31.0. The van der Waals surface area contributed by atoms with Gasteiger partial charge in [-0.2, -0.15) is 31.6 Å². The number of aromatic nitrogens is 6. The fourth-order valence-corrected chi connectivity index (χ4v) is 13.2. The third kappa shape index (κ3) is 10.6. The zero-order valence-corrected chi connectivity index (χ0v) is 50.7. The summed E-state index contributed by atoms with van der Waals surface area (Å²) in [6, 6.07) is 91.4. The van der Waals surface area contributed by atoms with E-state index in [4.69, 9.17) is 19.9 Å². The molecule has 0 saturated carbocycles. The Hall–Kier alpha value is -12.5. The van der Waals surface area contributed by atoms with Crippen LogP contribution in [0.25, 0.3) is 156 Å². The van der Waals surface area contributed by atoms with Gasteiger partial charge >= 0.3 is 12.4 Å². The summed E-state index contributed by atoms with van der Waals surface area (Å²) in [5, 5.41) is 14.6. The number of nitriles is 1. The smallest absolute Gasteiger partial charge is 0.309 e. The number of rotatable bonds is 11. The first-order chi connectivity index (χ1) is 46.8. The highest BCUT2D eigenvalue weighted by Gasteiger charge is 2.42. The van der Waals surface area contributed by atoms with Crippen molar-refractivity contribution in [3.8, 4) is 119 Å². The summed E-state index contributed by atoms with van der Waals surface area (Å²) in [6.07, 6.45) is -10.7. The lowest BCUT2D eigenvalue weighted by Gasteiger charge is -2.24. The molecule has 0 saturated heterocycles. The van der Waals surface area contributed by atoms with Crippen LogP contribution in [0.3, 0.4) is 0 Å². The molecule has 16 aromatic rings. The molecule has 6 aromatic heterocycles. The summed E-state index contributed by atoms with van der Waals surface area (Å²) in [5.41, 5.74) is 8.10. The number of benzene rings is 10. The molecule has 0 aliphatic rings. The van der Waals surface area contributed by atoms with E-state index in [1.165, 1.54) is 12.1 Å². The average molecular weight is 1260 g/mol. The Balaban J connectivity index is 1.02. The molecule has 0 radical (unpaired) electrons. The Morgan fingerprint density at radius 3 is 0.823 bits per heavy atom. The van der Waals surface area contributed by atoms with Gasteiger partial charge in [0.25, 0.3) is 0 Å². The van der Waals surface area contributed by atoms with Gasteiger partial charge in [0.15, 0.2) is 0 Å². The summed E-state index contributed by atoms with van der Waals surface area (Å²) in [6.45, 7) is 0. The molecule has 0 amide bonds. The fourth-order valence-electron chi connectivity index (χ4n) is 13.2. The van der Waals surface area contributed by atoms with Crippen LogP contribution >= 0.6 is 0 Å². The van der Waals surface area contributed by atoms with E-state index in [1.54, 1.807) is 9.13 Å². The lowest BCUT2D eigenvalue weighted by molar-refractivity contribution is -0.142. The summed E-state index contributed by atoms with van der Waals surface area (Å²) in [7, 11) is 0. The van der Waals surface area contributed by atoms with E-state index in [1.807, 2.05) is 267 Å². The van der Waals surface area contributed by atoms with Crippen molar-refractivity contribution in [2.24, 2.45) is 0 Å². The van der Waals surface area contributed by atoms with Gasteiger partial charge in [0.2, 0.25) is 0 Å².